The van der Waals surface area contributed by atoms with Gasteiger partial charge in [-0.1, -0.05) is 35.0 Å². The van der Waals surface area contributed by atoms with Crippen LogP contribution in [0.15, 0.2) is 22.7 Å². The first kappa shape index (κ1) is 15.0. The molecule has 0 heterocycles. The molecule has 0 bridgehead atoms. The van der Waals surface area contributed by atoms with Crippen LogP contribution in [-0.2, 0) is 16.4 Å². The highest BCUT2D eigenvalue weighted by Gasteiger charge is 2.23. The Bertz CT molecular complexity index is 546. The van der Waals surface area contributed by atoms with Crippen molar-refractivity contribution in [3.8, 4) is 0 Å². The minimum absolute atomic E-state index is 0.126. The van der Waals surface area contributed by atoms with E-state index in [-0.39, 0.29) is 11.8 Å². The van der Waals surface area contributed by atoms with Gasteiger partial charge in [-0.2, -0.15) is 0 Å². The monoisotopic (exact) mass is 346 g/mol. The highest BCUT2D eigenvalue weighted by atomic mass is 79.9. The average molecular weight is 347 g/mol. The molecule has 0 aromatic heterocycles. The van der Waals surface area contributed by atoms with Gasteiger partial charge in [-0.25, -0.2) is 13.1 Å². The zero-order valence-corrected chi connectivity index (χ0v) is 13.4. The van der Waals surface area contributed by atoms with E-state index in [0.717, 1.165) is 17.3 Å². The van der Waals surface area contributed by atoms with E-state index in [2.05, 4.69) is 38.1 Å². The molecule has 1 atom stereocenters. The quantitative estimate of drug-likeness (QED) is 0.827. The average Bonchev–Trinajstić information content (AvgIpc) is 2.74. The summed E-state index contributed by atoms with van der Waals surface area (Å²) < 4.78 is 26.7. The maximum Gasteiger partial charge on any atom is 0.212 e. The molecule has 19 heavy (non-hydrogen) atoms. The summed E-state index contributed by atoms with van der Waals surface area (Å²) in [5.74, 6) is 0.126. The third-order valence-corrected chi connectivity index (χ3v) is 5.55. The molecule has 2 rings (SSSR count). The SMILES string of the molecule is CCNS(=O)(=O)CCNC1CCc2c(Br)cccc21. The van der Waals surface area contributed by atoms with Crippen molar-refractivity contribution in [3.05, 3.63) is 33.8 Å². The van der Waals surface area contributed by atoms with Crippen LogP contribution in [0.3, 0.4) is 0 Å². The minimum Gasteiger partial charge on any atom is -0.309 e. The van der Waals surface area contributed by atoms with Gasteiger partial charge in [0.25, 0.3) is 0 Å². The van der Waals surface area contributed by atoms with Gasteiger partial charge in [-0.3, -0.25) is 0 Å². The molecular weight excluding hydrogens is 328 g/mol. The number of hydrogen-bond donors (Lipinski definition) is 2. The van der Waals surface area contributed by atoms with Gasteiger partial charge in [0.2, 0.25) is 10.0 Å². The first-order valence-electron chi connectivity index (χ1n) is 6.51. The Morgan fingerprint density at radius 1 is 1.42 bits per heavy atom. The number of fused-ring (bicyclic) bond motifs is 1. The largest absolute Gasteiger partial charge is 0.309 e. The Balaban J connectivity index is 1.92. The van der Waals surface area contributed by atoms with Gasteiger partial charge >= 0.3 is 0 Å². The standard InChI is InChI=1S/C13H19BrN2O2S/c1-2-16-19(17,18)9-8-15-13-7-6-10-11(13)4-3-5-12(10)14/h3-5,13,15-16H,2,6-9H2,1H3. The summed E-state index contributed by atoms with van der Waals surface area (Å²) in [4.78, 5) is 0. The highest BCUT2D eigenvalue weighted by molar-refractivity contribution is 9.10. The fraction of sp³-hybridized carbons (Fsp3) is 0.538. The molecule has 1 unspecified atom stereocenters. The normalized spacial score (nSPS) is 18.5. The Morgan fingerprint density at radius 2 is 2.21 bits per heavy atom. The molecule has 2 N–H and O–H groups in total. The highest BCUT2D eigenvalue weighted by Crippen LogP contribution is 2.35. The van der Waals surface area contributed by atoms with Crippen molar-refractivity contribution in [2.24, 2.45) is 0 Å². The predicted octanol–water partition coefficient (Wildman–Crippen LogP) is 1.97. The number of sulfonamides is 1. The maximum absolute atomic E-state index is 11.5. The van der Waals surface area contributed by atoms with Crippen molar-refractivity contribution in [2.75, 3.05) is 18.8 Å². The van der Waals surface area contributed by atoms with Crippen molar-refractivity contribution in [1.82, 2.24) is 10.0 Å². The number of halogens is 1. The van der Waals surface area contributed by atoms with E-state index in [9.17, 15) is 8.42 Å². The molecule has 0 fully saturated rings. The fourth-order valence-corrected chi connectivity index (χ4v) is 4.03. The predicted molar refractivity (Wildman–Crippen MR) is 80.7 cm³/mol. The lowest BCUT2D eigenvalue weighted by Crippen LogP contribution is -2.32. The molecule has 106 valence electrons. The van der Waals surface area contributed by atoms with Crippen LogP contribution in [0.25, 0.3) is 0 Å². The van der Waals surface area contributed by atoms with Crippen molar-refractivity contribution in [3.63, 3.8) is 0 Å². The molecule has 1 aliphatic rings. The summed E-state index contributed by atoms with van der Waals surface area (Å²) in [6.07, 6.45) is 2.06. The third-order valence-electron chi connectivity index (χ3n) is 3.34. The fourth-order valence-electron chi connectivity index (χ4n) is 2.48. The Hall–Kier alpha value is -0.430. The Kier molecular flexibility index (Phi) is 5.00. The van der Waals surface area contributed by atoms with Crippen LogP contribution in [-0.4, -0.2) is 27.3 Å². The van der Waals surface area contributed by atoms with Crippen molar-refractivity contribution in [1.29, 1.82) is 0 Å². The maximum atomic E-state index is 11.5. The minimum atomic E-state index is -3.13. The molecule has 1 aromatic carbocycles. The molecule has 4 nitrogen and oxygen atoms in total. The second-order valence-electron chi connectivity index (χ2n) is 4.67. The van der Waals surface area contributed by atoms with Gasteiger partial charge in [0, 0.05) is 23.6 Å². The van der Waals surface area contributed by atoms with E-state index in [1.807, 2.05) is 6.07 Å². The van der Waals surface area contributed by atoms with Crippen molar-refractivity contribution in [2.45, 2.75) is 25.8 Å². The van der Waals surface area contributed by atoms with E-state index in [1.54, 1.807) is 6.92 Å². The van der Waals surface area contributed by atoms with Crippen LogP contribution in [0.5, 0.6) is 0 Å². The lowest BCUT2D eigenvalue weighted by molar-refractivity contribution is 0.538. The number of benzene rings is 1. The Morgan fingerprint density at radius 3 is 2.95 bits per heavy atom. The lowest BCUT2D eigenvalue weighted by Gasteiger charge is -2.14. The smallest absolute Gasteiger partial charge is 0.212 e. The van der Waals surface area contributed by atoms with Crippen molar-refractivity contribution >= 4 is 26.0 Å². The molecule has 0 aliphatic heterocycles. The zero-order valence-electron chi connectivity index (χ0n) is 10.9. The Labute approximate surface area is 123 Å². The molecule has 6 heteroatoms. The first-order valence-corrected chi connectivity index (χ1v) is 8.96. The molecule has 0 saturated heterocycles. The summed E-state index contributed by atoms with van der Waals surface area (Å²) in [7, 11) is -3.13. The van der Waals surface area contributed by atoms with Gasteiger partial charge in [0.1, 0.15) is 0 Å². The summed E-state index contributed by atoms with van der Waals surface area (Å²) in [6, 6.07) is 6.46. The van der Waals surface area contributed by atoms with Gasteiger partial charge in [0.15, 0.2) is 0 Å². The van der Waals surface area contributed by atoms with Crippen LogP contribution >= 0.6 is 15.9 Å². The van der Waals surface area contributed by atoms with E-state index in [1.165, 1.54) is 11.1 Å². The van der Waals surface area contributed by atoms with Gasteiger partial charge in [-0.15, -0.1) is 0 Å². The summed E-state index contributed by atoms with van der Waals surface area (Å²) in [5.41, 5.74) is 2.63. The van der Waals surface area contributed by atoms with Gasteiger partial charge in [-0.05, 0) is 30.0 Å². The molecule has 0 saturated carbocycles. The number of nitrogens with one attached hydrogen (secondary N) is 2. The molecule has 1 aliphatic carbocycles. The molecule has 0 radical (unpaired) electrons. The third kappa shape index (κ3) is 3.78. The van der Waals surface area contributed by atoms with Crippen LogP contribution in [0.2, 0.25) is 0 Å². The van der Waals surface area contributed by atoms with E-state index in [4.69, 9.17) is 0 Å². The van der Waals surface area contributed by atoms with Crippen LogP contribution < -0.4 is 10.0 Å². The second-order valence-corrected chi connectivity index (χ2v) is 7.45. The molecule has 0 spiro atoms. The van der Waals surface area contributed by atoms with Gasteiger partial charge < -0.3 is 5.32 Å². The topological polar surface area (TPSA) is 58.2 Å². The van der Waals surface area contributed by atoms with Gasteiger partial charge in [0.05, 0.1) is 5.75 Å². The lowest BCUT2D eigenvalue weighted by atomic mass is 10.1. The number of rotatable bonds is 6. The molecular formula is C13H19BrN2O2S. The van der Waals surface area contributed by atoms with E-state index in [0.29, 0.717) is 13.1 Å². The van der Waals surface area contributed by atoms with Crippen LogP contribution in [0, 0.1) is 0 Å². The van der Waals surface area contributed by atoms with E-state index < -0.39 is 10.0 Å². The van der Waals surface area contributed by atoms with Crippen LogP contribution in [0.4, 0.5) is 0 Å². The van der Waals surface area contributed by atoms with Crippen molar-refractivity contribution < 1.29 is 8.42 Å². The first-order chi connectivity index (χ1) is 9.03. The molecule has 1 aromatic rings. The zero-order chi connectivity index (χ0) is 13.9. The van der Waals surface area contributed by atoms with Crippen LogP contribution in [0.1, 0.15) is 30.5 Å². The number of hydrogen-bond acceptors (Lipinski definition) is 3. The summed E-state index contributed by atoms with van der Waals surface area (Å²) >= 11 is 3.56. The summed E-state index contributed by atoms with van der Waals surface area (Å²) in [5, 5.41) is 3.34. The molecule has 0 amide bonds. The van der Waals surface area contributed by atoms with E-state index >= 15 is 0 Å². The second kappa shape index (κ2) is 6.35. The summed E-state index contributed by atoms with van der Waals surface area (Å²) in [6.45, 7) is 2.71.